The van der Waals surface area contributed by atoms with Gasteiger partial charge in [-0.05, 0) is 46.7 Å². The van der Waals surface area contributed by atoms with Crippen molar-refractivity contribution in [3.63, 3.8) is 0 Å². The fraction of sp³-hybridized carbons (Fsp3) is 0.327. The van der Waals surface area contributed by atoms with Gasteiger partial charge in [-0.1, -0.05) is 171 Å². The quantitative estimate of drug-likeness (QED) is 0.0741. The molecule has 1 saturated heterocycles. The molecule has 0 aliphatic carbocycles. The van der Waals surface area contributed by atoms with E-state index >= 15 is 0 Å². The molecule has 7 atom stereocenters. The maximum Gasteiger partial charge on any atom is 0.186 e. The Hall–Kier alpha value is -4.69. The lowest BCUT2D eigenvalue weighted by molar-refractivity contribution is -0.216. The molecule has 0 spiro atoms. The summed E-state index contributed by atoms with van der Waals surface area (Å²) in [4.78, 5) is 14.8. The van der Waals surface area contributed by atoms with Gasteiger partial charge in [-0.15, -0.1) is 0 Å². The lowest BCUT2D eigenvalue weighted by Crippen LogP contribution is -2.57. The molecule has 0 amide bonds. The Morgan fingerprint density at radius 2 is 1.18 bits per heavy atom. The van der Waals surface area contributed by atoms with Crippen LogP contribution in [0.15, 0.2) is 164 Å². The first kappa shape index (κ1) is 40.0. The molecule has 1 fully saturated rings. The van der Waals surface area contributed by atoms with Crippen LogP contribution in [-0.4, -0.2) is 50.0 Å². The molecular formula is C49H54O6. The lowest BCUT2D eigenvalue weighted by atomic mass is 9.79. The van der Waals surface area contributed by atoms with Crippen molar-refractivity contribution in [1.82, 2.24) is 0 Å². The third-order valence-electron chi connectivity index (χ3n) is 10.3. The Balaban J connectivity index is 1.35. The number of hydrogen-bond acceptors (Lipinski definition) is 6. The maximum absolute atomic E-state index is 14.8. The van der Waals surface area contributed by atoms with Crippen molar-refractivity contribution >= 4 is 5.78 Å². The summed E-state index contributed by atoms with van der Waals surface area (Å²) in [5, 5.41) is 0. The van der Waals surface area contributed by atoms with Gasteiger partial charge < -0.3 is 23.7 Å². The second-order valence-electron chi connectivity index (χ2n) is 14.2. The van der Waals surface area contributed by atoms with Crippen molar-refractivity contribution in [2.45, 2.75) is 88.4 Å². The molecule has 0 saturated carbocycles. The molecule has 6 nitrogen and oxygen atoms in total. The Kier molecular flexibility index (Phi) is 15.6. The minimum atomic E-state index is -0.892. The molecular weight excluding hydrogens is 685 g/mol. The number of carbonyl (C=O) groups is 1. The van der Waals surface area contributed by atoms with Crippen LogP contribution in [0.5, 0.6) is 0 Å². The van der Waals surface area contributed by atoms with Crippen LogP contribution in [0, 0.1) is 0 Å². The zero-order chi connectivity index (χ0) is 38.1. The van der Waals surface area contributed by atoms with Gasteiger partial charge in [-0.2, -0.15) is 0 Å². The van der Waals surface area contributed by atoms with E-state index in [2.05, 4.69) is 67.6 Å². The Bertz CT molecular complexity index is 1830. The van der Waals surface area contributed by atoms with Crippen LogP contribution in [0.4, 0.5) is 0 Å². The van der Waals surface area contributed by atoms with E-state index in [4.69, 9.17) is 23.7 Å². The van der Waals surface area contributed by atoms with E-state index in [1.807, 2.05) is 97.1 Å². The summed E-state index contributed by atoms with van der Waals surface area (Å²) in [5.74, 6) is -0.529. The first-order valence-electron chi connectivity index (χ1n) is 19.6. The van der Waals surface area contributed by atoms with E-state index in [9.17, 15) is 4.79 Å². The normalized spacial score (nSPS) is 20.9. The second kappa shape index (κ2) is 21.4. The van der Waals surface area contributed by atoms with E-state index in [-0.39, 0.29) is 29.8 Å². The Morgan fingerprint density at radius 1 is 0.673 bits per heavy atom. The molecule has 0 N–H and O–H groups in total. The molecule has 286 valence electrons. The van der Waals surface area contributed by atoms with Crippen LogP contribution in [0.25, 0.3) is 0 Å². The topological polar surface area (TPSA) is 63.2 Å². The van der Waals surface area contributed by atoms with Gasteiger partial charge in [0.25, 0.3) is 0 Å². The zero-order valence-electron chi connectivity index (χ0n) is 32.0. The highest BCUT2D eigenvalue weighted by Crippen LogP contribution is 2.41. The minimum Gasteiger partial charge on any atom is -0.385 e. The number of rotatable bonds is 20. The van der Waals surface area contributed by atoms with Crippen LogP contribution >= 0.6 is 0 Å². The predicted molar refractivity (Wildman–Crippen MR) is 218 cm³/mol. The van der Waals surface area contributed by atoms with E-state index in [1.165, 1.54) is 0 Å². The number of carbonyl (C=O) groups excluding carboxylic acids is 1. The largest absolute Gasteiger partial charge is 0.385 e. The highest BCUT2D eigenvalue weighted by atomic mass is 16.6. The lowest BCUT2D eigenvalue weighted by Gasteiger charge is -2.46. The van der Waals surface area contributed by atoms with Gasteiger partial charge in [0.15, 0.2) is 5.78 Å². The summed E-state index contributed by atoms with van der Waals surface area (Å²) in [6, 6.07) is 51.0. The van der Waals surface area contributed by atoms with E-state index in [1.54, 1.807) is 13.2 Å². The molecule has 6 rings (SSSR count). The Labute approximate surface area is 327 Å². The van der Waals surface area contributed by atoms with Gasteiger partial charge in [0.2, 0.25) is 0 Å². The highest BCUT2D eigenvalue weighted by Gasteiger charge is 2.49. The molecule has 5 aromatic carbocycles. The average Bonchev–Trinajstić information content (AvgIpc) is 3.24. The van der Waals surface area contributed by atoms with Crippen LogP contribution < -0.4 is 0 Å². The molecule has 6 heteroatoms. The van der Waals surface area contributed by atoms with Gasteiger partial charge in [0.05, 0.1) is 38.1 Å². The highest BCUT2D eigenvalue weighted by molar-refractivity contribution is 5.94. The molecule has 1 aliphatic heterocycles. The summed E-state index contributed by atoms with van der Waals surface area (Å²) in [6.45, 7) is 3.81. The van der Waals surface area contributed by atoms with Crippen molar-refractivity contribution in [2.24, 2.45) is 0 Å². The predicted octanol–water partition coefficient (Wildman–Crippen LogP) is 10.0. The fourth-order valence-corrected chi connectivity index (χ4v) is 7.49. The van der Waals surface area contributed by atoms with Gasteiger partial charge in [-0.25, -0.2) is 0 Å². The van der Waals surface area contributed by atoms with Crippen molar-refractivity contribution in [3.05, 3.63) is 192 Å². The van der Waals surface area contributed by atoms with Gasteiger partial charge in [0.1, 0.15) is 12.2 Å². The zero-order valence-corrected chi connectivity index (χ0v) is 32.0. The minimum absolute atomic E-state index is 0.152. The van der Waals surface area contributed by atoms with Crippen LogP contribution in [0.2, 0.25) is 0 Å². The molecule has 0 bridgehead atoms. The third kappa shape index (κ3) is 11.4. The number of ketones is 1. The number of benzene rings is 5. The fourth-order valence-electron chi connectivity index (χ4n) is 7.49. The third-order valence-corrected chi connectivity index (χ3v) is 10.3. The first-order chi connectivity index (χ1) is 27.1. The molecule has 1 aliphatic rings. The van der Waals surface area contributed by atoms with E-state index < -0.39 is 18.3 Å². The number of hydrogen-bond donors (Lipinski definition) is 0. The molecule has 0 radical (unpaired) electrons. The van der Waals surface area contributed by atoms with Crippen LogP contribution in [-0.2, 0) is 48.3 Å². The second-order valence-corrected chi connectivity index (χ2v) is 14.2. The Morgan fingerprint density at radius 3 is 1.73 bits per heavy atom. The monoisotopic (exact) mass is 738 g/mol. The summed E-state index contributed by atoms with van der Waals surface area (Å²) >= 11 is 0. The standard InChI is InChI=1S/C49H54O6/c1-3-19-45-46(41-28-17-8-18-29-41)48(53-35-38-22-11-5-12-23-38)49(54-36-39-24-13-6-14-25-39)47(55-45)43(50)31-30-42(40-26-15-7-16-27-40)44(32-33-51-2)52-34-37-20-9-4-10-21-37/h4-18,20-31,42,44-49H,3,19,32-36H2,1-2H3/b31-30+/t42?,44?,45-,46+,47-,48-,49-/m1/s1. The SMILES string of the molecule is CCC[C@H]1O[C@H](C(=O)/C=C/C(c2ccccc2)C(CCOC)OCc2ccccc2)[C@@H](OCc2ccccc2)[C@H](OCc2ccccc2)[C@H]1c1ccccc1. The molecule has 1 heterocycles. The van der Waals surface area contributed by atoms with Gasteiger partial charge >= 0.3 is 0 Å². The number of ether oxygens (including phenoxy) is 5. The average molecular weight is 739 g/mol. The van der Waals surface area contributed by atoms with Crippen LogP contribution in [0.3, 0.4) is 0 Å². The summed E-state index contributed by atoms with van der Waals surface area (Å²) in [7, 11) is 1.70. The van der Waals surface area contributed by atoms with E-state index in [0.717, 1.165) is 40.7 Å². The number of methoxy groups -OCH3 is 1. The summed E-state index contributed by atoms with van der Waals surface area (Å²) < 4.78 is 32.8. The smallest absolute Gasteiger partial charge is 0.186 e. The van der Waals surface area contributed by atoms with Crippen molar-refractivity contribution in [2.75, 3.05) is 13.7 Å². The van der Waals surface area contributed by atoms with E-state index in [0.29, 0.717) is 32.8 Å². The van der Waals surface area contributed by atoms with Crippen molar-refractivity contribution in [3.8, 4) is 0 Å². The first-order valence-corrected chi connectivity index (χ1v) is 19.6. The molecule has 5 aromatic rings. The van der Waals surface area contributed by atoms with Crippen molar-refractivity contribution < 1.29 is 28.5 Å². The molecule has 0 aromatic heterocycles. The maximum atomic E-state index is 14.8. The molecule has 55 heavy (non-hydrogen) atoms. The van der Waals surface area contributed by atoms with Crippen LogP contribution in [0.1, 0.15) is 65.8 Å². The van der Waals surface area contributed by atoms with Crippen molar-refractivity contribution in [1.29, 1.82) is 0 Å². The summed E-state index contributed by atoms with van der Waals surface area (Å²) in [5.41, 5.74) is 5.32. The van der Waals surface area contributed by atoms with Gasteiger partial charge in [0, 0.05) is 25.6 Å². The molecule has 2 unspecified atom stereocenters. The summed E-state index contributed by atoms with van der Waals surface area (Å²) in [6.07, 6.45) is 3.42. The van der Waals surface area contributed by atoms with Gasteiger partial charge in [-0.3, -0.25) is 4.79 Å².